The number of hydrogen-bond acceptors (Lipinski definition) is 6. The highest BCUT2D eigenvalue weighted by atomic mass is 35.5. The van der Waals surface area contributed by atoms with Crippen molar-refractivity contribution in [3.8, 4) is 17.1 Å². The van der Waals surface area contributed by atoms with Crippen molar-refractivity contribution in [2.75, 3.05) is 0 Å². The van der Waals surface area contributed by atoms with Gasteiger partial charge in [-0.25, -0.2) is 19.1 Å². The minimum absolute atomic E-state index is 0.00130. The lowest BCUT2D eigenvalue weighted by atomic mass is 10.1. The first-order valence-electron chi connectivity index (χ1n) is 10.9. The minimum Gasteiger partial charge on any atom is -0.382 e. The van der Waals surface area contributed by atoms with E-state index in [2.05, 4.69) is 20.2 Å². The largest absolute Gasteiger partial charge is 0.416 e. The molecule has 0 radical (unpaired) electrons. The summed E-state index contributed by atoms with van der Waals surface area (Å²) in [6.07, 6.45) is -9.71. The summed E-state index contributed by atoms with van der Waals surface area (Å²) in [7, 11) is 0. The zero-order chi connectivity index (χ0) is 27.7. The molecule has 0 saturated heterocycles. The number of aromatic nitrogens is 7. The van der Waals surface area contributed by atoms with Gasteiger partial charge >= 0.3 is 18.0 Å². The standard InChI is InChI=1S/C22H18ClF6N7O2/c23-15-3-1-14(2-4-15)19-33-35(20(38)34(19)10-17(37)22(27,28)29)11-18-31-12-36(32-18)16-9-30-8-6-13(16)5-7-21(24,25)26/h1-4,6,8-9,12,17,37H,5,7,10-11H2/t17-/m0/s1. The van der Waals surface area contributed by atoms with Gasteiger partial charge in [0.25, 0.3) is 0 Å². The average Bonchev–Trinajstić information content (AvgIpc) is 3.43. The summed E-state index contributed by atoms with van der Waals surface area (Å²) in [4.78, 5) is 20.9. The van der Waals surface area contributed by atoms with Crippen molar-refractivity contribution < 1.29 is 31.4 Å². The Bertz CT molecular complexity index is 1460. The first kappa shape index (κ1) is 27.3. The Kier molecular flexibility index (Phi) is 7.60. The zero-order valence-electron chi connectivity index (χ0n) is 19.2. The molecule has 1 atom stereocenters. The monoisotopic (exact) mass is 561 g/mol. The molecule has 1 N–H and O–H groups in total. The van der Waals surface area contributed by atoms with Crippen molar-refractivity contribution in [3.05, 3.63) is 75.9 Å². The summed E-state index contributed by atoms with van der Waals surface area (Å²) < 4.78 is 79.9. The van der Waals surface area contributed by atoms with Crippen LogP contribution in [0.3, 0.4) is 0 Å². The second-order valence-electron chi connectivity index (χ2n) is 8.16. The van der Waals surface area contributed by atoms with Crippen molar-refractivity contribution in [1.29, 1.82) is 0 Å². The van der Waals surface area contributed by atoms with Gasteiger partial charge in [0, 0.05) is 23.2 Å². The van der Waals surface area contributed by atoms with E-state index in [1.54, 1.807) is 0 Å². The molecule has 0 aliphatic carbocycles. The Hall–Kier alpha value is -3.72. The lowest BCUT2D eigenvalue weighted by molar-refractivity contribution is -0.207. The fraction of sp³-hybridized carbons (Fsp3) is 0.318. The summed E-state index contributed by atoms with van der Waals surface area (Å²) in [5, 5.41) is 18.2. The molecule has 4 aromatic rings. The van der Waals surface area contributed by atoms with Crippen LogP contribution in [-0.2, 0) is 19.5 Å². The van der Waals surface area contributed by atoms with Gasteiger partial charge in [0.2, 0.25) is 0 Å². The number of nitrogens with zero attached hydrogens (tertiary/aromatic N) is 7. The molecule has 4 rings (SSSR count). The van der Waals surface area contributed by atoms with Gasteiger partial charge in [0.1, 0.15) is 12.9 Å². The van der Waals surface area contributed by atoms with Gasteiger partial charge in [-0.3, -0.25) is 9.55 Å². The quantitative estimate of drug-likeness (QED) is 0.328. The molecule has 0 bridgehead atoms. The third-order valence-corrected chi connectivity index (χ3v) is 5.65. The van der Waals surface area contributed by atoms with Crippen molar-refractivity contribution in [2.24, 2.45) is 0 Å². The average molecular weight is 562 g/mol. The van der Waals surface area contributed by atoms with E-state index in [4.69, 9.17) is 11.6 Å². The third-order valence-electron chi connectivity index (χ3n) is 5.40. The number of hydrogen-bond donors (Lipinski definition) is 1. The normalized spacial score (nSPS) is 13.2. The lowest BCUT2D eigenvalue weighted by Gasteiger charge is -2.15. The SMILES string of the molecule is O=c1n(Cc2ncn(-c3cnccc3CCC(F)(F)F)n2)nc(-c2ccc(Cl)cc2)n1C[C@H](O)C(F)(F)F. The van der Waals surface area contributed by atoms with E-state index in [-0.39, 0.29) is 35.9 Å². The van der Waals surface area contributed by atoms with E-state index >= 15 is 0 Å². The maximum absolute atomic E-state index is 13.0. The molecule has 0 spiro atoms. The molecular weight excluding hydrogens is 544 g/mol. The van der Waals surface area contributed by atoms with E-state index in [1.165, 1.54) is 53.7 Å². The number of rotatable bonds is 8. The molecule has 0 fully saturated rings. The van der Waals surface area contributed by atoms with Gasteiger partial charge in [-0.1, -0.05) is 11.6 Å². The number of aliphatic hydroxyl groups excluding tert-OH is 1. The fourth-order valence-corrected chi connectivity index (χ4v) is 3.65. The van der Waals surface area contributed by atoms with E-state index in [9.17, 15) is 36.2 Å². The number of aliphatic hydroxyl groups is 1. The molecule has 202 valence electrons. The Morgan fingerprint density at radius 1 is 1.03 bits per heavy atom. The summed E-state index contributed by atoms with van der Waals surface area (Å²) in [6, 6.07) is 7.22. The van der Waals surface area contributed by atoms with Crippen LogP contribution in [0.15, 0.2) is 53.8 Å². The van der Waals surface area contributed by atoms with Crippen molar-refractivity contribution in [2.45, 2.75) is 44.4 Å². The topological polar surface area (TPSA) is 104 Å². The first-order chi connectivity index (χ1) is 17.8. The first-order valence-corrected chi connectivity index (χ1v) is 11.3. The van der Waals surface area contributed by atoms with E-state index in [1.807, 2.05) is 0 Å². The molecule has 3 heterocycles. The number of alkyl halides is 6. The van der Waals surface area contributed by atoms with E-state index in [0.717, 1.165) is 4.68 Å². The summed E-state index contributed by atoms with van der Waals surface area (Å²) in [5.41, 5.74) is -0.158. The Morgan fingerprint density at radius 2 is 1.74 bits per heavy atom. The highest BCUT2D eigenvalue weighted by molar-refractivity contribution is 6.30. The fourth-order valence-electron chi connectivity index (χ4n) is 3.53. The maximum Gasteiger partial charge on any atom is 0.416 e. The maximum atomic E-state index is 13.0. The summed E-state index contributed by atoms with van der Waals surface area (Å²) in [5.74, 6) is -0.155. The van der Waals surface area contributed by atoms with Crippen LogP contribution in [0, 0.1) is 0 Å². The second kappa shape index (κ2) is 10.6. The van der Waals surface area contributed by atoms with Gasteiger partial charge < -0.3 is 5.11 Å². The van der Waals surface area contributed by atoms with E-state index < -0.39 is 37.1 Å². The van der Waals surface area contributed by atoms with Crippen molar-refractivity contribution in [1.82, 2.24) is 34.1 Å². The second-order valence-corrected chi connectivity index (χ2v) is 8.60. The Labute approximate surface area is 214 Å². The lowest BCUT2D eigenvalue weighted by Crippen LogP contribution is -2.37. The van der Waals surface area contributed by atoms with Crippen LogP contribution in [0.5, 0.6) is 0 Å². The van der Waals surface area contributed by atoms with Gasteiger partial charge in [0.15, 0.2) is 17.8 Å². The van der Waals surface area contributed by atoms with Gasteiger partial charge in [-0.2, -0.15) is 26.3 Å². The van der Waals surface area contributed by atoms with E-state index in [0.29, 0.717) is 15.2 Å². The third kappa shape index (κ3) is 6.39. The van der Waals surface area contributed by atoms with Crippen LogP contribution in [0.1, 0.15) is 17.8 Å². The molecular formula is C22H18ClF6N7O2. The summed E-state index contributed by atoms with van der Waals surface area (Å²) >= 11 is 5.87. The van der Waals surface area contributed by atoms with Crippen LogP contribution in [0.4, 0.5) is 26.3 Å². The van der Waals surface area contributed by atoms with Gasteiger partial charge in [-0.05, 0) is 42.3 Å². The number of aryl methyl sites for hydroxylation is 1. The van der Waals surface area contributed by atoms with Crippen LogP contribution < -0.4 is 5.69 Å². The molecule has 0 aliphatic heterocycles. The van der Waals surface area contributed by atoms with Crippen molar-refractivity contribution in [3.63, 3.8) is 0 Å². The minimum atomic E-state index is -4.98. The predicted octanol–water partition coefficient (Wildman–Crippen LogP) is 3.81. The molecule has 16 heteroatoms. The summed E-state index contributed by atoms with van der Waals surface area (Å²) in [6.45, 7) is -1.49. The van der Waals surface area contributed by atoms with Crippen LogP contribution >= 0.6 is 11.6 Å². The van der Waals surface area contributed by atoms with Crippen LogP contribution in [-0.4, -0.2) is 57.7 Å². The number of halogens is 7. The van der Waals surface area contributed by atoms with Gasteiger partial charge in [0.05, 0.1) is 18.4 Å². The molecule has 38 heavy (non-hydrogen) atoms. The van der Waals surface area contributed by atoms with Crippen LogP contribution in [0.2, 0.25) is 5.02 Å². The highest BCUT2D eigenvalue weighted by Gasteiger charge is 2.39. The molecule has 9 nitrogen and oxygen atoms in total. The predicted molar refractivity (Wildman–Crippen MR) is 122 cm³/mol. The highest BCUT2D eigenvalue weighted by Crippen LogP contribution is 2.25. The smallest absolute Gasteiger partial charge is 0.382 e. The molecule has 3 aromatic heterocycles. The Balaban J connectivity index is 1.65. The van der Waals surface area contributed by atoms with Crippen molar-refractivity contribution >= 4 is 11.6 Å². The Morgan fingerprint density at radius 3 is 2.39 bits per heavy atom. The number of benzene rings is 1. The van der Waals surface area contributed by atoms with Gasteiger partial charge in [-0.15, -0.1) is 10.2 Å². The molecule has 0 saturated carbocycles. The molecule has 1 aromatic carbocycles. The molecule has 0 amide bonds. The van der Waals surface area contributed by atoms with Crippen LogP contribution in [0.25, 0.3) is 17.1 Å². The number of pyridine rings is 1. The molecule has 0 aliphatic rings. The zero-order valence-corrected chi connectivity index (χ0v) is 19.9. The molecule has 0 unspecified atom stereocenters.